The molecule has 0 unspecified atom stereocenters. The molecule has 0 fully saturated rings. The molecule has 0 atom stereocenters. The quantitative estimate of drug-likeness (QED) is 0.624. The van der Waals surface area contributed by atoms with E-state index in [2.05, 4.69) is 14.9 Å². The fourth-order valence-corrected chi connectivity index (χ4v) is 2.11. The lowest BCUT2D eigenvalue weighted by Gasteiger charge is -1.96. The second kappa shape index (κ2) is 6.58. The summed E-state index contributed by atoms with van der Waals surface area (Å²) >= 11 is 7.12. The second-order valence-electron chi connectivity index (χ2n) is 3.55. The largest absolute Gasteiger partial charge is 0.469 e. The van der Waals surface area contributed by atoms with Crippen LogP contribution in [0.2, 0.25) is 5.02 Å². The van der Waals surface area contributed by atoms with Crippen LogP contribution in [0.15, 0.2) is 33.9 Å². The van der Waals surface area contributed by atoms with E-state index in [0.29, 0.717) is 28.3 Å². The van der Waals surface area contributed by atoms with E-state index in [4.69, 9.17) is 16.0 Å². The Morgan fingerprint density at radius 1 is 1.37 bits per heavy atom. The summed E-state index contributed by atoms with van der Waals surface area (Å²) in [5, 5.41) is 8.91. The molecule has 0 aliphatic heterocycles. The molecule has 0 saturated carbocycles. The maximum atomic E-state index is 10.9. The van der Waals surface area contributed by atoms with Gasteiger partial charge in [0.1, 0.15) is 0 Å². The summed E-state index contributed by atoms with van der Waals surface area (Å²) in [5.41, 5.74) is 0.803. The van der Waals surface area contributed by atoms with Crippen LogP contribution < -0.4 is 0 Å². The highest BCUT2D eigenvalue weighted by Gasteiger charge is 2.09. The van der Waals surface area contributed by atoms with E-state index in [-0.39, 0.29) is 5.97 Å². The Balaban J connectivity index is 1.95. The lowest BCUT2D eigenvalue weighted by Crippen LogP contribution is -2.00. The third-order valence-corrected chi connectivity index (χ3v) is 3.33. The highest BCUT2D eigenvalue weighted by molar-refractivity contribution is 7.99. The number of esters is 1. The first kappa shape index (κ1) is 13.9. The molecule has 19 heavy (non-hydrogen) atoms. The van der Waals surface area contributed by atoms with E-state index < -0.39 is 0 Å². The maximum Gasteiger partial charge on any atom is 0.306 e. The van der Waals surface area contributed by atoms with Gasteiger partial charge in [-0.15, -0.1) is 10.2 Å². The SMILES string of the molecule is COC(=O)CCSc1nnc(-c2ccc(Cl)cc2)o1. The van der Waals surface area contributed by atoms with Crippen LogP contribution in [-0.2, 0) is 9.53 Å². The monoisotopic (exact) mass is 298 g/mol. The molecule has 0 aliphatic carbocycles. The molecule has 0 spiro atoms. The number of benzene rings is 1. The number of aromatic nitrogens is 2. The van der Waals surface area contributed by atoms with Crippen molar-refractivity contribution in [3.63, 3.8) is 0 Å². The molecule has 0 aliphatic rings. The van der Waals surface area contributed by atoms with E-state index in [1.54, 1.807) is 24.3 Å². The molecule has 5 nitrogen and oxygen atoms in total. The minimum absolute atomic E-state index is 0.259. The van der Waals surface area contributed by atoms with Crippen LogP contribution in [0, 0.1) is 0 Å². The highest BCUT2D eigenvalue weighted by atomic mass is 35.5. The molecule has 1 heterocycles. The number of ether oxygens (including phenoxy) is 1. The normalized spacial score (nSPS) is 10.4. The van der Waals surface area contributed by atoms with Crippen molar-refractivity contribution in [3.8, 4) is 11.5 Å². The Labute approximate surface area is 119 Å². The van der Waals surface area contributed by atoms with E-state index >= 15 is 0 Å². The fourth-order valence-electron chi connectivity index (χ4n) is 1.30. The Morgan fingerprint density at radius 3 is 2.79 bits per heavy atom. The topological polar surface area (TPSA) is 65.2 Å². The van der Waals surface area contributed by atoms with Gasteiger partial charge in [-0.3, -0.25) is 4.79 Å². The first-order chi connectivity index (χ1) is 9.19. The molecule has 1 aromatic carbocycles. The molecule has 0 amide bonds. The summed E-state index contributed by atoms with van der Waals surface area (Å²) in [4.78, 5) is 10.9. The van der Waals surface area contributed by atoms with Crippen LogP contribution in [0.25, 0.3) is 11.5 Å². The third-order valence-electron chi connectivity index (χ3n) is 2.26. The lowest BCUT2D eigenvalue weighted by atomic mass is 10.2. The van der Waals surface area contributed by atoms with Gasteiger partial charge in [0, 0.05) is 16.3 Å². The zero-order chi connectivity index (χ0) is 13.7. The number of hydrogen-bond donors (Lipinski definition) is 0. The molecule has 1 aromatic heterocycles. The fraction of sp³-hybridized carbons (Fsp3) is 0.250. The van der Waals surface area contributed by atoms with Crippen LogP contribution in [0.3, 0.4) is 0 Å². The predicted octanol–water partition coefficient (Wildman–Crippen LogP) is 3.05. The zero-order valence-electron chi connectivity index (χ0n) is 10.1. The summed E-state index contributed by atoms with van der Waals surface area (Å²) in [6.45, 7) is 0. The zero-order valence-corrected chi connectivity index (χ0v) is 11.7. The van der Waals surface area contributed by atoms with E-state index in [9.17, 15) is 4.79 Å². The van der Waals surface area contributed by atoms with Gasteiger partial charge >= 0.3 is 5.97 Å². The van der Waals surface area contributed by atoms with Crippen LogP contribution >= 0.6 is 23.4 Å². The Hall–Kier alpha value is -1.53. The Bertz CT molecular complexity index is 556. The summed E-state index contributed by atoms with van der Waals surface area (Å²) in [6.07, 6.45) is 0.305. The van der Waals surface area contributed by atoms with Gasteiger partial charge in [0.15, 0.2) is 0 Å². The molecule has 0 saturated heterocycles. The summed E-state index contributed by atoms with van der Waals surface area (Å²) in [6, 6.07) is 7.12. The molecule has 7 heteroatoms. The molecule has 0 radical (unpaired) electrons. The van der Waals surface area contributed by atoms with Gasteiger partial charge < -0.3 is 9.15 Å². The number of methoxy groups -OCH3 is 1. The number of nitrogens with zero attached hydrogens (tertiary/aromatic N) is 2. The van der Waals surface area contributed by atoms with Gasteiger partial charge in [-0.2, -0.15) is 0 Å². The summed E-state index contributed by atoms with van der Waals surface area (Å²) < 4.78 is 10.0. The first-order valence-electron chi connectivity index (χ1n) is 5.48. The summed E-state index contributed by atoms with van der Waals surface area (Å²) in [5.74, 6) is 0.705. The number of thioether (sulfide) groups is 1. The van der Waals surface area contributed by atoms with Gasteiger partial charge in [0.25, 0.3) is 5.22 Å². The van der Waals surface area contributed by atoms with Crippen molar-refractivity contribution in [1.82, 2.24) is 10.2 Å². The first-order valence-corrected chi connectivity index (χ1v) is 6.84. The molecule has 0 bridgehead atoms. The van der Waals surface area contributed by atoms with Gasteiger partial charge in [-0.25, -0.2) is 0 Å². The van der Waals surface area contributed by atoms with Crippen molar-refractivity contribution in [2.24, 2.45) is 0 Å². The van der Waals surface area contributed by atoms with Crippen molar-refractivity contribution < 1.29 is 13.9 Å². The smallest absolute Gasteiger partial charge is 0.306 e. The van der Waals surface area contributed by atoms with Crippen LogP contribution in [-0.4, -0.2) is 29.0 Å². The average Bonchev–Trinajstić information content (AvgIpc) is 2.88. The minimum Gasteiger partial charge on any atom is -0.469 e. The molecular formula is C12H11ClN2O3S. The standard InChI is InChI=1S/C12H11ClN2O3S/c1-17-10(16)6-7-19-12-15-14-11(18-12)8-2-4-9(13)5-3-8/h2-5H,6-7H2,1H3. The molecule has 100 valence electrons. The molecule has 2 rings (SSSR count). The number of rotatable bonds is 5. The second-order valence-corrected chi connectivity index (χ2v) is 5.04. The van der Waals surface area contributed by atoms with E-state index in [1.807, 2.05) is 0 Å². The van der Waals surface area contributed by atoms with Gasteiger partial charge in [0.05, 0.1) is 13.5 Å². The minimum atomic E-state index is -0.259. The van der Waals surface area contributed by atoms with Crippen molar-refractivity contribution in [2.45, 2.75) is 11.6 Å². The van der Waals surface area contributed by atoms with Crippen LogP contribution in [0.4, 0.5) is 0 Å². The third kappa shape index (κ3) is 3.97. The van der Waals surface area contributed by atoms with Gasteiger partial charge in [-0.05, 0) is 24.3 Å². The Morgan fingerprint density at radius 2 is 2.11 bits per heavy atom. The number of carbonyl (C=O) groups excluding carboxylic acids is 1. The number of halogens is 1. The van der Waals surface area contributed by atoms with Gasteiger partial charge in [0.2, 0.25) is 5.89 Å². The lowest BCUT2D eigenvalue weighted by molar-refractivity contribution is -0.140. The molecule has 2 aromatic rings. The van der Waals surface area contributed by atoms with Crippen LogP contribution in [0.5, 0.6) is 0 Å². The van der Waals surface area contributed by atoms with E-state index in [0.717, 1.165) is 5.56 Å². The summed E-state index contributed by atoms with van der Waals surface area (Å²) in [7, 11) is 1.36. The van der Waals surface area contributed by atoms with Gasteiger partial charge in [-0.1, -0.05) is 23.4 Å². The molecular weight excluding hydrogens is 288 g/mol. The van der Waals surface area contributed by atoms with Crippen molar-refractivity contribution in [1.29, 1.82) is 0 Å². The maximum absolute atomic E-state index is 10.9. The number of carbonyl (C=O) groups is 1. The highest BCUT2D eigenvalue weighted by Crippen LogP contribution is 2.24. The average molecular weight is 299 g/mol. The van der Waals surface area contributed by atoms with Crippen molar-refractivity contribution in [3.05, 3.63) is 29.3 Å². The molecule has 0 N–H and O–H groups in total. The van der Waals surface area contributed by atoms with E-state index in [1.165, 1.54) is 18.9 Å². The van der Waals surface area contributed by atoms with Crippen molar-refractivity contribution in [2.75, 3.05) is 12.9 Å². The Kier molecular flexibility index (Phi) is 4.81. The predicted molar refractivity (Wildman–Crippen MR) is 72.1 cm³/mol. The van der Waals surface area contributed by atoms with Crippen LogP contribution in [0.1, 0.15) is 6.42 Å². The van der Waals surface area contributed by atoms with Crippen molar-refractivity contribution >= 4 is 29.3 Å². The number of hydrogen-bond acceptors (Lipinski definition) is 6.